The third-order valence-corrected chi connectivity index (χ3v) is 4.04. The maximum atomic E-state index is 13.5. The quantitative estimate of drug-likeness (QED) is 0.794. The number of aromatic amines is 1. The molecule has 0 radical (unpaired) electrons. The molecule has 0 unspecified atom stereocenters. The first-order valence-corrected chi connectivity index (χ1v) is 6.91. The summed E-state index contributed by atoms with van der Waals surface area (Å²) in [6, 6.07) is 1.41. The predicted molar refractivity (Wildman–Crippen MR) is 67.8 cm³/mol. The van der Waals surface area contributed by atoms with Crippen LogP contribution in [-0.2, 0) is 10.0 Å². The molecule has 10 heteroatoms. The normalized spacial score (nSPS) is 11.3. The van der Waals surface area contributed by atoms with E-state index in [9.17, 15) is 17.6 Å². The summed E-state index contributed by atoms with van der Waals surface area (Å²) in [7, 11) is -4.15. The number of aromatic carboxylic acids is 1. The van der Waals surface area contributed by atoms with Gasteiger partial charge in [0, 0.05) is 6.20 Å². The van der Waals surface area contributed by atoms with Crippen LogP contribution in [0.25, 0.3) is 0 Å². The van der Waals surface area contributed by atoms with Gasteiger partial charge in [-0.3, -0.25) is 9.82 Å². The Bertz CT molecular complexity index is 761. The van der Waals surface area contributed by atoms with E-state index < -0.39 is 37.3 Å². The van der Waals surface area contributed by atoms with Gasteiger partial charge in [0.2, 0.25) is 0 Å². The van der Waals surface area contributed by atoms with Gasteiger partial charge in [0.25, 0.3) is 10.0 Å². The van der Waals surface area contributed by atoms with E-state index in [1.165, 1.54) is 12.4 Å². The molecule has 0 spiro atoms. The van der Waals surface area contributed by atoms with Gasteiger partial charge in [0.15, 0.2) is 0 Å². The third kappa shape index (κ3) is 2.73. The molecule has 1 aromatic heterocycles. The second-order valence-corrected chi connectivity index (χ2v) is 5.72. The second kappa shape index (κ2) is 5.10. The van der Waals surface area contributed by atoms with E-state index in [-0.39, 0.29) is 5.69 Å². The molecule has 20 heavy (non-hydrogen) atoms. The third-order valence-electron chi connectivity index (χ3n) is 2.29. The van der Waals surface area contributed by atoms with Gasteiger partial charge >= 0.3 is 5.97 Å². The summed E-state index contributed by atoms with van der Waals surface area (Å²) in [6.45, 7) is 0. The molecule has 0 aliphatic heterocycles. The van der Waals surface area contributed by atoms with Crippen molar-refractivity contribution in [1.82, 2.24) is 10.2 Å². The fourth-order valence-electron chi connectivity index (χ4n) is 1.40. The molecule has 2 rings (SSSR count). The monoisotopic (exact) mass is 319 g/mol. The Morgan fingerprint density at radius 3 is 2.70 bits per heavy atom. The molecule has 2 aromatic rings. The highest BCUT2D eigenvalue weighted by molar-refractivity contribution is 7.92. The maximum Gasteiger partial charge on any atom is 0.337 e. The van der Waals surface area contributed by atoms with Crippen molar-refractivity contribution in [3.8, 4) is 0 Å². The summed E-state index contributed by atoms with van der Waals surface area (Å²) in [5, 5.41) is 14.1. The van der Waals surface area contributed by atoms with Crippen LogP contribution in [0.15, 0.2) is 29.4 Å². The Morgan fingerprint density at radius 2 is 2.15 bits per heavy atom. The molecule has 106 valence electrons. The number of carboxylic acids is 1. The number of hydrogen-bond donors (Lipinski definition) is 3. The van der Waals surface area contributed by atoms with E-state index in [0.29, 0.717) is 6.07 Å². The summed E-state index contributed by atoms with van der Waals surface area (Å²) < 4.78 is 39.6. The van der Waals surface area contributed by atoms with Crippen LogP contribution in [0, 0.1) is 5.82 Å². The number of rotatable bonds is 4. The van der Waals surface area contributed by atoms with Gasteiger partial charge in [-0.2, -0.15) is 5.10 Å². The number of carboxylic acid groups (broad SMARTS) is 1. The number of nitrogens with zero attached hydrogens (tertiary/aromatic N) is 1. The first-order chi connectivity index (χ1) is 9.31. The first kappa shape index (κ1) is 14.3. The van der Waals surface area contributed by atoms with Crippen molar-refractivity contribution in [3.63, 3.8) is 0 Å². The summed E-state index contributed by atoms with van der Waals surface area (Å²) in [5.74, 6) is -2.67. The van der Waals surface area contributed by atoms with Crippen molar-refractivity contribution in [2.24, 2.45) is 0 Å². The standard InChI is InChI=1S/C10H7ClFN3O4S/c11-9-7(10(16)17)1-6(2-8(9)12)20(18,19)15-5-3-13-14-4-5/h1-4,15H,(H,13,14)(H,16,17). The molecule has 0 fully saturated rings. The lowest BCUT2D eigenvalue weighted by atomic mass is 10.2. The highest BCUT2D eigenvalue weighted by Crippen LogP contribution is 2.25. The SMILES string of the molecule is O=C(O)c1cc(S(=O)(=O)Nc2cn[nH]c2)cc(F)c1Cl. The van der Waals surface area contributed by atoms with E-state index in [1.807, 2.05) is 0 Å². The van der Waals surface area contributed by atoms with Crippen LogP contribution in [0.3, 0.4) is 0 Å². The van der Waals surface area contributed by atoms with Crippen molar-refractivity contribution in [1.29, 1.82) is 0 Å². The molecule has 0 aliphatic carbocycles. The number of hydrogen-bond acceptors (Lipinski definition) is 4. The Balaban J connectivity index is 2.49. The zero-order chi connectivity index (χ0) is 14.9. The van der Waals surface area contributed by atoms with Crippen molar-refractivity contribution >= 4 is 33.3 Å². The number of nitrogens with one attached hydrogen (secondary N) is 2. The molecule has 7 nitrogen and oxygen atoms in total. The number of carbonyl (C=O) groups is 1. The molecule has 0 bridgehead atoms. The minimum absolute atomic E-state index is 0.122. The molecular weight excluding hydrogens is 313 g/mol. The molecule has 1 heterocycles. The van der Waals surface area contributed by atoms with Crippen LogP contribution in [0.2, 0.25) is 5.02 Å². The van der Waals surface area contributed by atoms with Gasteiger partial charge in [0.1, 0.15) is 5.82 Å². The van der Waals surface area contributed by atoms with Gasteiger partial charge in [-0.15, -0.1) is 0 Å². The minimum atomic E-state index is -4.15. The van der Waals surface area contributed by atoms with E-state index in [0.717, 1.165) is 6.07 Å². The van der Waals surface area contributed by atoms with Crippen LogP contribution in [0.4, 0.5) is 10.1 Å². The number of sulfonamides is 1. The fraction of sp³-hybridized carbons (Fsp3) is 0. The molecule has 3 N–H and O–H groups in total. The predicted octanol–water partition coefficient (Wildman–Crippen LogP) is 1.70. The van der Waals surface area contributed by atoms with Gasteiger partial charge in [-0.05, 0) is 12.1 Å². The summed E-state index contributed by atoms with van der Waals surface area (Å²) >= 11 is 5.47. The van der Waals surface area contributed by atoms with Crippen LogP contribution >= 0.6 is 11.6 Å². The molecule has 0 aliphatic rings. The van der Waals surface area contributed by atoms with Crippen molar-refractivity contribution in [3.05, 3.63) is 40.9 Å². The molecule has 0 atom stereocenters. The van der Waals surface area contributed by atoms with Crippen LogP contribution < -0.4 is 4.72 Å². The zero-order valence-electron chi connectivity index (χ0n) is 9.59. The van der Waals surface area contributed by atoms with Gasteiger partial charge < -0.3 is 5.11 Å². The summed E-state index contributed by atoms with van der Waals surface area (Å²) in [5.41, 5.74) is -0.517. The van der Waals surface area contributed by atoms with Crippen molar-refractivity contribution < 1.29 is 22.7 Å². The molecule has 0 amide bonds. The van der Waals surface area contributed by atoms with E-state index in [2.05, 4.69) is 14.9 Å². The highest BCUT2D eigenvalue weighted by atomic mass is 35.5. The van der Waals surface area contributed by atoms with E-state index in [4.69, 9.17) is 16.7 Å². The lowest BCUT2D eigenvalue weighted by Gasteiger charge is -2.08. The van der Waals surface area contributed by atoms with Gasteiger partial charge in [0.05, 0.1) is 27.4 Å². The number of H-pyrrole nitrogens is 1. The average Bonchev–Trinajstić information content (AvgIpc) is 2.83. The van der Waals surface area contributed by atoms with Crippen molar-refractivity contribution in [2.75, 3.05) is 4.72 Å². The van der Waals surface area contributed by atoms with Crippen LogP contribution in [0.5, 0.6) is 0 Å². The fourth-order valence-corrected chi connectivity index (χ4v) is 2.66. The highest BCUT2D eigenvalue weighted by Gasteiger charge is 2.22. The maximum absolute atomic E-state index is 13.5. The van der Waals surface area contributed by atoms with Crippen LogP contribution in [-0.4, -0.2) is 29.7 Å². The smallest absolute Gasteiger partial charge is 0.337 e. The van der Waals surface area contributed by atoms with E-state index in [1.54, 1.807) is 0 Å². The topological polar surface area (TPSA) is 112 Å². The molecular formula is C10H7ClFN3O4S. The minimum Gasteiger partial charge on any atom is -0.478 e. The number of benzene rings is 1. The molecule has 0 saturated carbocycles. The van der Waals surface area contributed by atoms with Crippen molar-refractivity contribution in [2.45, 2.75) is 4.90 Å². The summed E-state index contributed by atoms with van der Waals surface area (Å²) in [6.07, 6.45) is 2.46. The Morgan fingerprint density at radius 1 is 1.45 bits per heavy atom. The number of anilines is 1. The number of halogens is 2. The first-order valence-electron chi connectivity index (χ1n) is 5.05. The molecule has 1 aromatic carbocycles. The van der Waals surface area contributed by atoms with E-state index >= 15 is 0 Å². The lowest BCUT2D eigenvalue weighted by molar-refractivity contribution is 0.0696. The van der Waals surface area contributed by atoms with Crippen LogP contribution in [0.1, 0.15) is 10.4 Å². The Hall–Kier alpha value is -2.13. The average molecular weight is 320 g/mol. The molecule has 0 saturated heterocycles. The van der Waals surface area contributed by atoms with Gasteiger partial charge in [-0.25, -0.2) is 17.6 Å². The Labute approximate surface area is 117 Å². The lowest BCUT2D eigenvalue weighted by Crippen LogP contribution is -2.14. The summed E-state index contributed by atoms with van der Waals surface area (Å²) in [4.78, 5) is 10.3. The Kier molecular flexibility index (Phi) is 3.64. The number of aromatic nitrogens is 2. The second-order valence-electron chi connectivity index (χ2n) is 3.66. The largest absolute Gasteiger partial charge is 0.478 e. The van der Waals surface area contributed by atoms with Gasteiger partial charge in [-0.1, -0.05) is 11.6 Å². The zero-order valence-corrected chi connectivity index (χ0v) is 11.2.